The van der Waals surface area contributed by atoms with Gasteiger partial charge in [-0.1, -0.05) is 12.8 Å². The van der Waals surface area contributed by atoms with Gasteiger partial charge in [0.2, 0.25) is 0 Å². The molecule has 0 amide bonds. The molecule has 0 aromatic carbocycles. The molecule has 0 radical (unpaired) electrons. The zero-order valence-electron chi connectivity index (χ0n) is 10.2. The summed E-state index contributed by atoms with van der Waals surface area (Å²) in [6.07, 6.45) is 8.55. The smallest absolute Gasteiger partial charge is 0.00670 e. The van der Waals surface area contributed by atoms with Crippen molar-refractivity contribution >= 4 is 0 Å². The predicted molar refractivity (Wildman–Crippen MR) is 65.1 cm³/mol. The van der Waals surface area contributed by atoms with Crippen LogP contribution in [0, 0.1) is 5.92 Å². The van der Waals surface area contributed by atoms with Crippen molar-refractivity contribution in [2.75, 3.05) is 26.2 Å². The molecule has 0 saturated carbocycles. The third-order valence-electron chi connectivity index (χ3n) is 4.08. The van der Waals surface area contributed by atoms with E-state index in [0.717, 1.165) is 12.0 Å². The quantitative estimate of drug-likeness (QED) is 0.752. The third-order valence-corrected chi connectivity index (χ3v) is 4.08. The van der Waals surface area contributed by atoms with Crippen LogP contribution in [0.4, 0.5) is 0 Å². The molecule has 2 aliphatic heterocycles. The van der Waals surface area contributed by atoms with Crippen LogP contribution in [-0.2, 0) is 0 Å². The van der Waals surface area contributed by atoms with Crippen molar-refractivity contribution in [3.8, 4) is 0 Å². The van der Waals surface area contributed by atoms with Crippen LogP contribution in [0.15, 0.2) is 0 Å². The summed E-state index contributed by atoms with van der Waals surface area (Å²) in [5.41, 5.74) is 0. The van der Waals surface area contributed by atoms with Gasteiger partial charge in [0.15, 0.2) is 0 Å². The molecule has 2 heteroatoms. The molecular formula is C13H26N2. The second kappa shape index (κ2) is 5.86. The molecule has 2 rings (SSSR count). The van der Waals surface area contributed by atoms with Gasteiger partial charge in [-0.15, -0.1) is 0 Å². The molecule has 0 aromatic heterocycles. The van der Waals surface area contributed by atoms with Crippen LogP contribution >= 0.6 is 0 Å². The maximum atomic E-state index is 3.53. The molecule has 0 aliphatic carbocycles. The lowest BCUT2D eigenvalue weighted by Crippen LogP contribution is -2.41. The van der Waals surface area contributed by atoms with Crippen LogP contribution in [0.2, 0.25) is 0 Å². The molecule has 2 nitrogen and oxygen atoms in total. The van der Waals surface area contributed by atoms with Crippen LogP contribution < -0.4 is 5.32 Å². The standard InChI is InChI=1S/C13H26N2/c1-12-6-3-2-4-9-15(12)11-13-7-5-8-14-10-13/h12-14H,2-11H2,1H3. The fraction of sp³-hybridized carbons (Fsp3) is 1.00. The zero-order valence-corrected chi connectivity index (χ0v) is 10.2. The SMILES string of the molecule is CC1CCCCCN1CC1CCCNC1. The first-order chi connectivity index (χ1) is 7.36. The van der Waals surface area contributed by atoms with E-state index in [9.17, 15) is 0 Å². The van der Waals surface area contributed by atoms with Gasteiger partial charge in [-0.05, 0) is 58.2 Å². The summed E-state index contributed by atoms with van der Waals surface area (Å²) in [4.78, 5) is 2.74. The number of piperidine rings is 1. The Morgan fingerprint density at radius 3 is 2.87 bits per heavy atom. The van der Waals surface area contributed by atoms with E-state index in [1.807, 2.05) is 0 Å². The highest BCUT2D eigenvalue weighted by Crippen LogP contribution is 2.19. The first-order valence-electron chi connectivity index (χ1n) is 6.81. The van der Waals surface area contributed by atoms with Crippen molar-refractivity contribution in [3.63, 3.8) is 0 Å². The monoisotopic (exact) mass is 210 g/mol. The van der Waals surface area contributed by atoms with Gasteiger partial charge in [-0.3, -0.25) is 0 Å². The summed E-state index contributed by atoms with van der Waals surface area (Å²) in [5, 5.41) is 3.53. The molecule has 2 saturated heterocycles. The van der Waals surface area contributed by atoms with Crippen LogP contribution in [0.3, 0.4) is 0 Å². The minimum Gasteiger partial charge on any atom is -0.316 e. The lowest BCUT2D eigenvalue weighted by molar-refractivity contribution is 0.166. The summed E-state index contributed by atoms with van der Waals surface area (Å²) in [5.74, 6) is 0.916. The zero-order chi connectivity index (χ0) is 10.5. The Hall–Kier alpha value is -0.0800. The van der Waals surface area contributed by atoms with E-state index in [0.29, 0.717) is 0 Å². The first-order valence-corrected chi connectivity index (χ1v) is 6.81. The van der Waals surface area contributed by atoms with Crippen LogP contribution in [0.25, 0.3) is 0 Å². The maximum absolute atomic E-state index is 3.53. The Morgan fingerprint density at radius 2 is 2.07 bits per heavy atom. The summed E-state index contributed by atoms with van der Waals surface area (Å²) in [6.45, 7) is 7.60. The molecule has 88 valence electrons. The Balaban J connectivity index is 1.79. The van der Waals surface area contributed by atoms with Gasteiger partial charge in [0.25, 0.3) is 0 Å². The highest BCUT2D eigenvalue weighted by molar-refractivity contribution is 4.77. The van der Waals surface area contributed by atoms with Crippen LogP contribution in [-0.4, -0.2) is 37.1 Å². The van der Waals surface area contributed by atoms with Gasteiger partial charge in [0.05, 0.1) is 0 Å². The van der Waals surface area contributed by atoms with Crippen molar-refractivity contribution in [1.82, 2.24) is 10.2 Å². The molecule has 2 unspecified atom stereocenters. The molecule has 2 atom stereocenters. The number of nitrogens with zero attached hydrogens (tertiary/aromatic N) is 1. The molecule has 15 heavy (non-hydrogen) atoms. The second-order valence-electron chi connectivity index (χ2n) is 5.41. The number of nitrogens with one attached hydrogen (secondary N) is 1. The first kappa shape index (κ1) is 11.4. The van der Waals surface area contributed by atoms with Crippen molar-refractivity contribution in [3.05, 3.63) is 0 Å². The molecule has 1 N–H and O–H groups in total. The summed E-state index contributed by atoms with van der Waals surface area (Å²) >= 11 is 0. The average molecular weight is 210 g/mol. The lowest BCUT2D eigenvalue weighted by Gasteiger charge is -2.33. The molecule has 0 aromatic rings. The Kier molecular flexibility index (Phi) is 4.45. The fourth-order valence-electron chi connectivity index (χ4n) is 3.02. The number of likely N-dealkylation sites (tertiary alicyclic amines) is 1. The molecule has 2 aliphatic rings. The molecule has 0 spiro atoms. The van der Waals surface area contributed by atoms with Gasteiger partial charge < -0.3 is 10.2 Å². The maximum Gasteiger partial charge on any atom is 0.00670 e. The largest absolute Gasteiger partial charge is 0.316 e. The summed E-state index contributed by atoms with van der Waals surface area (Å²) in [6, 6.07) is 0.828. The van der Waals surface area contributed by atoms with E-state index in [-0.39, 0.29) is 0 Å². The molecule has 0 bridgehead atoms. The van der Waals surface area contributed by atoms with Gasteiger partial charge in [-0.25, -0.2) is 0 Å². The fourth-order valence-corrected chi connectivity index (χ4v) is 3.02. The Morgan fingerprint density at radius 1 is 1.13 bits per heavy atom. The number of hydrogen-bond donors (Lipinski definition) is 1. The van der Waals surface area contributed by atoms with E-state index in [1.54, 1.807) is 0 Å². The molecule has 2 heterocycles. The van der Waals surface area contributed by atoms with E-state index < -0.39 is 0 Å². The minimum atomic E-state index is 0.828. The highest BCUT2D eigenvalue weighted by Gasteiger charge is 2.21. The predicted octanol–water partition coefficient (Wildman–Crippen LogP) is 2.25. The van der Waals surface area contributed by atoms with Gasteiger partial charge in [0, 0.05) is 12.6 Å². The van der Waals surface area contributed by atoms with Crippen molar-refractivity contribution in [2.24, 2.45) is 5.92 Å². The van der Waals surface area contributed by atoms with Crippen molar-refractivity contribution in [2.45, 2.75) is 51.5 Å². The van der Waals surface area contributed by atoms with E-state index in [4.69, 9.17) is 0 Å². The minimum absolute atomic E-state index is 0.828. The second-order valence-corrected chi connectivity index (χ2v) is 5.41. The normalized spacial score (nSPS) is 35.0. The van der Waals surface area contributed by atoms with E-state index in [2.05, 4.69) is 17.1 Å². The molecular weight excluding hydrogens is 184 g/mol. The lowest BCUT2D eigenvalue weighted by atomic mass is 9.98. The average Bonchev–Trinajstić information content (AvgIpc) is 2.46. The Labute approximate surface area is 94.4 Å². The highest BCUT2D eigenvalue weighted by atomic mass is 15.2. The van der Waals surface area contributed by atoms with Gasteiger partial charge in [0.1, 0.15) is 0 Å². The number of rotatable bonds is 2. The summed E-state index contributed by atoms with van der Waals surface area (Å²) in [7, 11) is 0. The Bertz CT molecular complexity index is 175. The molecule has 2 fully saturated rings. The van der Waals surface area contributed by atoms with E-state index in [1.165, 1.54) is 64.7 Å². The number of hydrogen-bond acceptors (Lipinski definition) is 2. The van der Waals surface area contributed by atoms with Crippen LogP contribution in [0.5, 0.6) is 0 Å². The van der Waals surface area contributed by atoms with Crippen molar-refractivity contribution < 1.29 is 0 Å². The summed E-state index contributed by atoms with van der Waals surface area (Å²) < 4.78 is 0. The van der Waals surface area contributed by atoms with E-state index >= 15 is 0 Å². The topological polar surface area (TPSA) is 15.3 Å². The van der Waals surface area contributed by atoms with Crippen LogP contribution in [0.1, 0.15) is 45.4 Å². The van der Waals surface area contributed by atoms with Crippen molar-refractivity contribution in [1.29, 1.82) is 0 Å². The van der Waals surface area contributed by atoms with Gasteiger partial charge in [-0.2, -0.15) is 0 Å². The third kappa shape index (κ3) is 3.46. The van der Waals surface area contributed by atoms with Gasteiger partial charge >= 0.3 is 0 Å².